The second kappa shape index (κ2) is 8.27. The van der Waals surface area contributed by atoms with Gasteiger partial charge in [-0.05, 0) is 24.4 Å². The number of ether oxygens (including phenoxy) is 1. The van der Waals surface area contributed by atoms with Crippen LogP contribution in [0.5, 0.6) is 0 Å². The van der Waals surface area contributed by atoms with Crippen LogP contribution in [0.1, 0.15) is 33.5 Å². The van der Waals surface area contributed by atoms with Crippen molar-refractivity contribution in [1.29, 1.82) is 0 Å². The van der Waals surface area contributed by atoms with Gasteiger partial charge < -0.3 is 9.30 Å². The van der Waals surface area contributed by atoms with Gasteiger partial charge in [0.05, 0.1) is 12.4 Å². The first-order chi connectivity index (χ1) is 14.5. The number of carbonyl (C=O) groups excluding carboxylic acids is 3. The van der Waals surface area contributed by atoms with Gasteiger partial charge >= 0.3 is 5.97 Å². The van der Waals surface area contributed by atoms with Crippen molar-refractivity contribution in [3.05, 3.63) is 53.3 Å². The topological polar surface area (TPSA) is 94.4 Å². The van der Waals surface area contributed by atoms with Crippen molar-refractivity contribution in [2.24, 2.45) is 7.05 Å². The lowest BCUT2D eigenvalue weighted by Gasteiger charge is -2.27. The SMILES string of the molecule is CCOC(=O)CSc1nnc(CCN2C(=O)c3cccc4cccc(c34)C2=O)n1C. The molecule has 0 saturated heterocycles. The number of thioether (sulfide) groups is 1. The Balaban J connectivity index is 1.49. The molecular formula is C21H20N4O4S. The summed E-state index contributed by atoms with van der Waals surface area (Å²) in [6.45, 7) is 2.28. The summed E-state index contributed by atoms with van der Waals surface area (Å²) in [4.78, 5) is 38.7. The number of hydrogen-bond donors (Lipinski definition) is 0. The third-order valence-electron chi connectivity index (χ3n) is 4.96. The first-order valence-corrected chi connectivity index (χ1v) is 10.5. The Morgan fingerprint density at radius 2 is 1.73 bits per heavy atom. The number of amides is 2. The molecule has 2 heterocycles. The summed E-state index contributed by atoms with van der Waals surface area (Å²) in [5, 5.41) is 10.4. The van der Waals surface area contributed by atoms with Gasteiger partial charge in [0, 0.05) is 36.5 Å². The monoisotopic (exact) mass is 424 g/mol. The molecule has 4 rings (SSSR count). The molecule has 0 aliphatic carbocycles. The van der Waals surface area contributed by atoms with E-state index in [4.69, 9.17) is 4.74 Å². The van der Waals surface area contributed by atoms with Gasteiger partial charge in [-0.2, -0.15) is 0 Å². The molecule has 3 aromatic rings. The van der Waals surface area contributed by atoms with Crippen LogP contribution in [0.2, 0.25) is 0 Å². The smallest absolute Gasteiger partial charge is 0.316 e. The molecule has 0 saturated carbocycles. The van der Waals surface area contributed by atoms with Gasteiger partial charge in [0.2, 0.25) is 0 Å². The summed E-state index contributed by atoms with van der Waals surface area (Å²) in [6, 6.07) is 10.9. The van der Waals surface area contributed by atoms with Crippen molar-refractivity contribution in [1.82, 2.24) is 19.7 Å². The van der Waals surface area contributed by atoms with E-state index in [2.05, 4.69) is 10.2 Å². The molecule has 0 spiro atoms. The molecule has 0 unspecified atom stereocenters. The molecule has 8 nitrogen and oxygen atoms in total. The summed E-state index contributed by atoms with van der Waals surface area (Å²) in [5.74, 6) is -0.154. The molecule has 0 bridgehead atoms. The lowest BCUT2D eigenvalue weighted by atomic mass is 9.94. The molecule has 2 amide bonds. The normalized spacial score (nSPS) is 13.2. The maximum Gasteiger partial charge on any atom is 0.316 e. The molecule has 0 N–H and O–H groups in total. The Bertz CT molecular complexity index is 1110. The van der Waals surface area contributed by atoms with Crippen LogP contribution in [0.3, 0.4) is 0 Å². The van der Waals surface area contributed by atoms with Gasteiger partial charge in [0.1, 0.15) is 5.82 Å². The average Bonchev–Trinajstić information content (AvgIpc) is 3.10. The highest BCUT2D eigenvalue weighted by Gasteiger charge is 2.32. The molecule has 30 heavy (non-hydrogen) atoms. The fraction of sp³-hybridized carbons (Fsp3) is 0.286. The average molecular weight is 424 g/mol. The maximum absolute atomic E-state index is 13.0. The fourth-order valence-electron chi connectivity index (χ4n) is 3.51. The van der Waals surface area contributed by atoms with E-state index in [-0.39, 0.29) is 30.1 Å². The summed E-state index contributed by atoms with van der Waals surface area (Å²) < 4.78 is 6.68. The van der Waals surface area contributed by atoms with Crippen molar-refractivity contribution in [3.63, 3.8) is 0 Å². The highest BCUT2D eigenvalue weighted by atomic mass is 32.2. The van der Waals surface area contributed by atoms with Crippen LogP contribution in [0.4, 0.5) is 0 Å². The van der Waals surface area contributed by atoms with Gasteiger partial charge in [0.15, 0.2) is 5.16 Å². The number of aromatic nitrogens is 3. The molecule has 154 valence electrons. The second-order valence-electron chi connectivity index (χ2n) is 6.77. The van der Waals surface area contributed by atoms with Crippen LogP contribution >= 0.6 is 11.8 Å². The third kappa shape index (κ3) is 3.56. The van der Waals surface area contributed by atoms with E-state index in [1.54, 1.807) is 30.7 Å². The van der Waals surface area contributed by atoms with Gasteiger partial charge in [-0.25, -0.2) is 0 Å². The molecule has 0 fully saturated rings. The minimum atomic E-state index is -0.315. The number of imide groups is 1. The Kier molecular flexibility index (Phi) is 5.54. The molecule has 0 radical (unpaired) electrons. The number of nitrogens with zero attached hydrogens (tertiary/aromatic N) is 4. The minimum absolute atomic E-state index is 0.143. The van der Waals surface area contributed by atoms with E-state index in [0.717, 1.165) is 5.39 Å². The zero-order chi connectivity index (χ0) is 21.3. The van der Waals surface area contributed by atoms with E-state index in [1.807, 2.05) is 24.3 Å². The van der Waals surface area contributed by atoms with Crippen LogP contribution in [0, 0.1) is 0 Å². The van der Waals surface area contributed by atoms with Crippen molar-refractivity contribution in [2.75, 3.05) is 18.9 Å². The fourth-order valence-corrected chi connectivity index (χ4v) is 4.24. The van der Waals surface area contributed by atoms with Crippen molar-refractivity contribution < 1.29 is 19.1 Å². The third-order valence-corrected chi connectivity index (χ3v) is 5.96. The Hall–Kier alpha value is -3.20. The molecule has 0 atom stereocenters. The Labute approximate surface area is 177 Å². The van der Waals surface area contributed by atoms with Gasteiger partial charge in [-0.15, -0.1) is 10.2 Å². The van der Waals surface area contributed by atoms with Crippen LogP contribution < -0.4 is 0 Å². The lowest BCUT2D eigenvalue weighted by Crippen LogP contribution is -2.41. The quantitative estimate of drug-likeness (QED) is 0.327. The highest BCUT2D eigenvalue weighted by molar-refractivity contribution is 7.99. The molecule has 1 aliphatic heterocycles. The van der Waals surface area contributed by atoms with Gasteiger partial charge in [-0.1, -0.05) is 36.0 Å². The number of carbonyl (C=O) groups is 3. The van der Waals surface area contributed by atoms with Gasteiger partial charge in [-0.3, -0.25) is 19.3 Å². The van der Waals surface area contributed by atoms with Gasteiger partial charge in [0.25, 0.3) is 11.8 Å². The van der Waals surface area contributed by atoms with Crippen LogP contribution in [-0.2, 0) is 23.0 Å². The molecule has 1 aliphatic rings. The summed E-state index contributed by atoms with van der Waals surface area (Å²) in [7, 11) is 1.79. The van der Waals surface area contributed by atoms with Crippen molar-refractivity contribution in [3.8, 4) is 0 Å². The summed E-state index contributed by atoms with van der Waals surface area (Å²) in [6.07, 6.45) is 0.360. The number of esters is 1. The predicted molar refractivity (Wildman–Crippen MR) is 111 cm³/mol. The number of hydrogen-bond acceptors (Lipinski definition) is 7. The highest BCUT2D eigenvalue weighted by Crippen LogP contribution is 2.30. The second-order valence-corrected chi connectivity index (χ2v) is 7.72. The van der Waals surface area contributed by atoms with E-state index in [1.165, 1.54) is 16.7 Å². The zero-order valence-electron chi connectivity index (χ0n) is 16.6. The zero-order valence-corrected chi connectivity index (χ0v) is 17.4. The standard InChI is InChI=1S/C21H20N4O4S/c1-3-29-17(26)12-30-21-23-22-16(24(21)2)10-11-25-19(27)14-8-4-6-13-7-5-9-15(18(13)14)20(25)28/h4-9H,3,10-12H2,1-2H3. The minimum Gasteiger partial charge on any atom is -0.465 e. The largest absolute Gasteiger partial charge is 0.465 e. The predicted octanol–water partition coefficient (Wildman–Crippen LogP) is 2.46. The van der Waals surface area contributed by atoms with E-state index < -0.39 is 0 Å². The van der Waals surface area contributed by atoms with Crippen molar-refractivity contribution in [2.45, 2.75) is 18.5 Å². The maximum atomic E-state index is 13.0. The van der Waals surface area contributed by atoms with Crippen LogP contribution in [0.15, 0.2) is 41.6 Å². The Morgan fingerprint density at radius 1 is 1.07 bits per heavy atom. The molecule has 2 aromatic carbocycles. The first kappa shape index (κ1) is 20.1. The van der Waals surface area contributed by atoms with Crippen LogP contribution in [-0.4, -0.2) is 56.4 Å². The Morgan fingerprint density at radius 3 is 2.37 bits per heavy atom. The van der Waals surface area contributed by atoms with E-state index >= 15 is 0 Å². The van der Waals surface area contributed by atoms with E-state index in [9.17, 15) is 14.4 Å². The van der Waals surface area contributed by atoms with Crippen LogP contribution in [0.25, 0.3) is 10.8 Å². The number of benzene rings is 2. The molecule has 1 aromatic heterocycles. The summed E-state index contributed by atoms with van der Waals surface area (Å²) >= 11 is 1.23. The first-order valence-electron chi connectivity index (χ1n) is 9.56. The summed E-state index contributed by atoms with van der Waals surface area (Å²) in [5.41, 5.74) is 1.07. The van der Waals surface area contributed by atoms with E-state index in [0.29, 0.717) is 40.5 Å². The molecular weight excluding hydrogens is 404 g/mol. The molecule has 9 heteroatoms. The van der Waals surface area contributed by atoms with Crippen molar-refractivity contribution >= 4 is 40.3 Å². The number of rotatable bonds is 7. The lowest BCUT2D eigenvalue weighted by molar-refractivity contribution is -0.139.